The molecule has 0 aliphatic rings. The second kappa shape index (κ2) is 11.0. The van der Waals surface area contributed by atoms with Gasteiger partial charge in [-0.3, -0.25) is 9.78 Å². The number of halogens is 1. The van der Waals surface area contributed by atoms with E-state index in [0.29, 0.717) is 35.6 Å². The van der Waals surface area contributed by atoms with Gasteiger partial charge in [0.25, 0.3) is 0 Å². The van der Waals surface area contributed by atoms with Crippen LogP contribution in [0, 0.1) is 17.1 Å². The van der Waals surface area contributed by atoms with Crippen LogP contribution in [0.5, 0.6) is 0 Å². The summed E-state index contributed by atoms with van der Waals surface area (Å²) in [7, 11) is 0. The van der Waals surface area contributed by atoms with Crippen LogP contribution in [0.15, 0.2) is 85.2 Å². The van der Waals surface area contributed by atoms with E-state index in [-0.39, 0.29) is 18.2 Å². The number of nitrogens with zero attached hydrogens (tertiary/aromatic N) is 3. The fraction of sp³-hybridized carbons (Fsp3) is 0.143. The van der Waals surface area contributed by atoms with Crippen molar-refractivity contribution in [2.24, 2.45) is 5.73 Å². The van der Waals surface area contributed by atoms with Crippen LogP contribution in [-0.2, 0) is 11.2 Å². The molecule has 2 heterocycles. The number of hydrogen-bond donors (Lipinski definition) is 2. The zero-order valence-corrected chi connectivity index (χ0v) is 19.0. The third-order valence-electron chi connectivity index (χ3n) is 5.71. The van der Waals surface area contributed by atoms with Crippen LogP contribution in [-0.4, -0.2) is 22.4 Å². The molecule has 1 unspecified atom stereocenters. The van der Waals surface area contributed by atoms with E-state index in [1.807, 2.05) is 42.5 Å². The Morgan fingerprint density at radius 1 is 1.09 bits per heavy atom. The number of carbonyl (C=O) groups is 1. The molecule has 7 heteroatoms. The second-order valence-electron chi connectivity index (χ2n) is 8.11. The molecule has 0 saturated heterocycles. The number of carbonyl (C=O) groups excluding carboxylic acids is 1. The first-order valence-electron chi connectivity index (χ1n) is 11.2. The number of primary amides is 1. The van der Waals surface area contributed by atoms with Crippen LogP contribution in [0.4, 0.5) is 10.2 Å². The molecule has 2 aromatic heterocycles. The van der Waals surface area contributed by atoms with E-state index >= 15 is 0 Å². The Hall–Kier alpha value is -4.57. The van der Waals surface area contributed by atoms with Crippen molar-refractivity contribution in [1.82, 2.24) is 9.97 Å². The van der Waals surface area contributed by atoms with Crippen molar-refractivity contribution in [3.8, 4) is 17.3 Å². The molecule has 3 N–H and O–H groups in total. The van der Waals surface area contributed by atoms with Crippen molar-refractivity contribution in [3.05, 3.63) is 113 Å². The number of nitrogens with two attached hydrogens (primary N) is 1. The summed E-state index contributed by atoms with van der Waals surface area (Å²) < 4.78 is 13.6. The van der Waals surface area contributed by atoms with Crippen molar-refractivity contribution in [2.75, 3.05) is 11.9 Å². The van der Waals surface area contributed by atoms with Crippen LogP contribution in [0.2, 0.25) is 0 Å². The summed E-state index contributed by atoms with van der Waals surface area (Å²) in [4.78, 5) is 21.0. The zero-order valence-electron chi connectivity index (χ0n) is 19.0. The molecular weight excluding hydrogens is 441 g/mol. The van der Waals surface area contributed by atoms with E-state index in [4.69, 9.17) is 10.7 Å². The van der Waals surface area contributed by atoms with E-state index < -0.39 is 5.91 Å². The Morgan fingerprint density at radius 2 is 1.94 bits per heavy atom. The molecule has 4 rings (SSSR count). The van der Waals surface area contributed by atoms with Crippen LogP contribution >= 0.6 is 0 Å². The Balaban J connectivity index is 1.74. The molecule has 35 heavy (non-hydrogen) atoms. The summed E-state index contributed by atoms with van der Waals surface area (Å²) in [5, 5.41) is 12.9. The molecule has 0 radical (unpaired) electrons. The second-order valence-corrected chi connectivity index (χ2v) is 8.11. The predicted molar refractivity (Wildman–Crippen MR) is 133 cm³/mol. The van der Waals surface area contributed by atoms with Crippen LogP contribution in [0.3, 0.4) is 0 Å². The average Bonchev–Trinajstić information content (AvgIpc) is 2.88. The SMILES string of the molecule is N#Cc1ccccc1-c1ccc(C(CC(N)=O)c2cccnc2)c(NCCc2cccc(F)c2)n1. The molecule has 0 fully saturated rings. The number of benzene rings is 2. The molecule has 0 saturated carbocycles. The van der Waals surface area contributed by atoms with Gasteiger partial charge in [-0.1, -0.05) is 42.5 Å². The van der Waals surface area contributed by atoms with Gasteiger partial charge in [-0.15, -0.1) is 0 Å². The fourth-order valence-corrected chi connectivity index (χ4v) is 4.06. The summed E-state index contributed by atoms with van der Waals surface area (Å²) >= 11 is 0. The molecule has 0 bridgehead atoms. The summed E-state index contributed by atoms with van der Waals surface area (Å²) in [5.41, 5.74) is 9.93. The molecule has 0 aliphatic heterocycles. The maximum atomic E-state index is 13.6. The highest BCUT2D eigenvalue weighted by Gasteiger charge is 2.22. The van der Waals surface area contributed by atoms with Gasteiger partial charge in [-0.05, 0) is 47.9 Å². The standard InChI is InChI=1S/C28H24FN5O/c29-22-8-3-5-19(15-22)12-14-33-28-24(25(16-27(31)35)21-7-4-13-32-18-21)10-11-26(34-28)23-9-2-1-6-20(23)17-30/h1-11,13,15,18,25H,12,14,16H2,(H2,31,35)(H,33,34). The highest BCUT2D eigenvalue weighted by Crippen LogP contribution is 2.34. The van der Waals surface area contributed by atoms with Gasteiger partial charge in [-0.25, -0.2) is 9.37 Å². The maximum Gasteiger partial charge on any atom is 0.218 e. The van der Waals surface area contributed by atoms with E-state index in [1.165, 1.54) is 12.1 Å². The lowest BCUT2D eigenvalue weighted by Gasteiger charge is -2.21. The molecule has 6 nitrogen and oxygen atoms in total. The number of nitriles is 1. The largest absolute Gasteiger partial charge is 0.370 e. The normalized spacial score (nSPS) is 11.4. The molecule has 0 spiro atoms. The van der Waals surface area contributed by atoms with E-state index in [2.05, 4.69) is 16.4 Å². The number of rotatable bonds is 9. The Morgan fingerprint density at radius 3 is 2.69 bits per heavy atom. The highest BCUT2D eigenvalue weighted by atomic mass is 19.1. The minimum Gasteiger partial charge on any atom is -0.370 e. The number of anilines is 1. The van der Waals surface area contributed by atoms with Crippen molar-refractivity contribution < 1.29 is 9.18 Å². The molecule has 2 aromatic carbocycles. The molecule has 0 aliphatic carbocycles. The van der Waals surface area contributed by atoms with Gasteiger partial charge < -0.3 is 11.1 Å². The third kappa shape index (κ3) is 5.87. The van der Waals surface area contributed by atoms with Crippen LogP contribution < -0.4 is 11.1 Å². The first-order chi connectivity index (χ1) is 17.0. The minimum absolute atomic E-state index is 0.0834. The Labute approximate surface area is 203 Å². The first-order valence-corrected chi connectivity index (χ1v) is 11.2. The fourth-order valence-electron chi connectivity index (χ4n) is 4.06. The summed E-state index contributed by atoms with van der Waals surface area (Å²) in [6, 6.07) is 23.4. The van der Waals surface area contributed by atoms with Gasteiger partial charge in [0.05, 0.1) is 17.3 Å². The van der Waals surface area contributed by atoms with E-state index in [9.17, 15) is 14.4 Å². The molecular formula is C28H24FN5O. The predicted octanol–water partition coefficient (Wildman–Crippen LogP) is 4.82. The Kier molecular flexibility index (Phi) is 7.44. The van der Waals surface area contributed by atoms with E-state index in [1.54, 1.807) is 30.6 Å². The van der Waals surface area contributed by atoms with Crippen molar-refractivity contribution in [1.29, 1.82) is 5.26 Å². The number of hydrogen-bond acceptors (Lipinski definition) is 5. The van der Waals surface area contributed by atoms with Gasteiger partial charge in [0.15, 0.2) is 0 Å². The summed E-state index contributed by atoms with van der Waals surface area (Å²) in [5.74, 6) is -0.509. The summed E-state index contributed by atoms with van der Waals surface area (Å²) in [6.07, 6.45) is 4.04. The monoisotopic (exact) mass is 465 g/mol. The van der Waals surface area contributed by atoms with Gasteiger partial charge in [0.2, 0.25) is 5.91 Å². The third-order valence-corrected chi connectivity index (χ3v) is 5.71. The smallest absolute Gasteiger partial charge is 0.218 e. The van der Waals surface area contributed by atoms with Gasteiger partial charge in [0.1, 0.15) is 11.6 Å². The number of pyridine rings is 2. The molecule has 174 valence electrons. The van der Waals surface area contributed by atoms with Crippen molar-refractivity contribution in [3.63, 3.8) is 0 Å². The maximum absolute atomic E-state index is 13.6. The Bertz CT molecular complexity index is 1370. The van der Waals surface area contributed by atoms with Crippen molar-refractivity contribution >= 4 is 11.7 Å². The highest BCUT2D eigenvalue weighted by molar-refractivity contribution is 5.76. The lowest BCUT2D eigenvalue weighted by Crippen LogP contribution is -2.18. The average molecular weight is 466 g/mol. The van der Waals surface area contributed by atoms with Crippen LogP contribution in [0.1, 0.15) is 34.6 Å². The van der Waals surface area contributed by atoms with Gasteiger partial charge in [0, 0.05) is 42.4 Å². The zero-order chi connectivity index (χ0) is 24.6. The first kappa shape index (κ1) is 23.6. The topological polar surface area (TPSA) is 105 Å². The lowest BCUT2D eigenvalue weighted by molar-refractivity contribution is -0.118. The molecule has 1 atom stereocenters. The van der Waals surface area contributed by atoms with E-state index in [0.717, 1.165) is 16.7 Å². The number of amides is 1. The quantitative estimate of drug-likeness (QED) is 0.369. The number of aromatic nitrogens is 2. The molecule has 4 aromatic rings. The molecule has 1 amide bonds. The van der Waals surface area contributed by atoms with Crippen LogP contribution in [0.25, 0.3) is 11.3 Å². The lowest BCUT2D eigenvalue weighted by atomic mass is 9.89. The van der Waals surface area contributed by atoms with Gasteiger partial charge in [-0.2, -0.15) is 5.26 Å². The number of nitrogens with one attached hydrogen (secondary N) is 1. The summed E-state index contributed by atoms with van der Waals surface area (Å²) in [6.45, 7) is 0.489. The van der Waals surface area contributed by atoms with Crippen molar-refractivity contribution in [2.45, 2.75) is 18.8 Å². The van der Waals surface area contributed by atoms with Gasteiger partial charge >= 0.3 is 0 Å². The minimum atomic E-state index is -0.441.